The van der Waals surface area contributed by atoms with Crippen molar-refractivity contribution in [1.29, 1.82) is 0 Å². The van der Waals surface area contributed by atoms with Crippen molar-refractivity contribution in [3.8, 4) is 51.7 Å². The molecule has 0 aromatic heterocycles. The lowest BCUT2D eigenvalue weighted by Crippen LogP contribution is -2.23. The van der Waals surface area contributed by atoms with Crippen LogP contribution in [0.25, 0.3) is 0 Å². The summed E-state index contributed by atoms with van der Waals surface area (Å²) < 4.78 is 81.7. The number of para-hydroxylation sites is 1. The third kappa shape index (κ3) is 19.3. The number of phosphoric acid groups is 1. The number of hydrogen-bond donors (Lipinski definition) is 0. The fraction of sp³-hybridized carbons (Fsp3) is 0.630. The van der Waals surface area contributed by atoms with Gasteiger partial charge in [-0.3, -0.25) is 0 Å². The van der Waals surface area contributed by atoms with Crippen LogP contribution >= 0.6 is 71.5 Å². The van der Waals surface area contributed by atoms with Gasteiger partial charge in [0.2, 0.25) is 20.4 Å². The van der Waals surface area contributed by atoms with Crippen LogP contribution in [0, 0.1) is 0 Å². The lowest BCUT2D eigenvalue weighted by Gasteiger charge is -2.37. The smallest absolute Gasteiger partial charge is 0.456 e. The normalized spacial score (nSPS) is 18.6. The van der Waals surface area contributed by atoms with Gasteiger partial charge in [0, 0.05) is 68.2 Å². The zero-order chi connectivity index (χ0) is 67.1. The number of unbranched alkanes of at least 4 members (excludes halogenated alkanes) is 32. The van der Waals surface area contributed by atoms with Gasteiger partial charge in [-0.1, -0.05) is 277 Å². The highest BCUT2D eigenvalue weighted by molar-refractivity contribution is 9.11. The van der Waals surface area contributed by atoms with Gasteiger partial charge in [0.25, 0.3) is 0 Å². The number of ether oxygens (including phenoxy) is 6. The summed E-state index contributed by atoms with van der Waals surface area (Å²) in [5.74, 6) is 4.30. The molecule has 4 heterocycles. The van der Waals surface area contributed by atoms with Crippen LogP contribution in [-0.2, 0) is 4.57 Å². The molecule has 5 aromatic rings. The molecule has 2 unspecified atom stereocenters. The van der Waals surface area contributed by atoms with Gasteiger partial charge in [-0.25, -0.2) is 0 Å². The maximum Gasteiger partial charge on any atom is 0.647 e. The summed E-state index contributed by atoms with van der Waals surface area (Å²) >= 11 is 16.9. The van der Waals surface area contributed by atoms with Crippen LogP contribution in [0.15, 0.2) is 72.5 Å². The molecule has 528 valence electrons. The van der Waals surface area contributed by atoms with Crippen LogP contribution in [-0.4, -0.2) is 20.4 Å². The fourth-order valence-corrected chi connectivity index (χ4v) is 19.9. The second-order valence-corrected chi connectivity index (χ2v) is 32.7. The van der Waals surface area contributed by atoms with Crippen molar-refractivity contribution >= 4 is 71.5 Å². The Morgan fingerprint density at radius 2 is 0.521 bits per heavy atom. The monoisotopic (exact) mass is 1590 g/mol. The average Bonchev–Trinajstić information content (AvgIpc) is 0.725. The summed E-state index contributed by atoms with van der Waals surface area (Å²) in [7, 11) is -4.65. The molecule has 5 aromatic carbocycles. The quantitative estimate of drug-likeness (QED) is 0.0277. The van der Waals surface area contributed by atoms with Crippen molar-refractivity contribution < 1.29 is 46.6 Å². The Balaban J connectivity index is 1.21. The van der Waals surface area contributed by atoms with E-state index in [-0.39, 0.29) is 44.1 Å². The van der Waals surface area contributed by atoms with Crippen molar-refractivity contribution in [2.45, 2.75) is 308 Å². The molecule has 8 bridgehead atoms. The summed E-state index contributed by atoms with van der Waals surface area (Å²) in [6, 6.07) is 18.8. The standard InChI is InChI=1S/C81H111Br4O10P/c1-5-9-13-17-21-25-29-33-40-46-58-62-50-64-59(47-41-34-30-26-22-18-14-10-6-2)66-52-68-61(49-43-36-32-28-24-20-16-12-8-4)69-53-67-60(48-42-35-31-27-23-19-15-11-7-3)65-51-63(58)75-71(83)77(65)90-56-92-79(67)73(85)81(69)95-96(86,93-57-44-38-37-39-45-57)94-80(68)72(84)78(66)91-55-89-76(64)70(82)74(62)87-54-88-75/h37-39,44-45,50-53,58-61H,5-36,40-43,46-49,54-56H2,1-4H3. The van der Waals surface area contributed by atoms with Gasteiger partial charge in [0.15, 0.2) is 11.5 Å². The van der Waals surface area contributed by atoms with Gasteiger partial charge >= 0.3 is 7.82 Å². The topological polar surface area (TPSA) is 100 Å². The molecule has 4 aliphatic heterocycles. The van der Waals surface area contributed by atoms with E-state index in [1.807, 2.05) is 18.2 Å². The Morgan fingerprint density at radius 3 is 0.760 bits per heavy atom. The Bertz CT molecular complexity index is 3130. The fourth-order valence-electron chi connectivity index (χ4n) is 15.6. The maximum atomic E-state index is 16.3. The van der Waals surface area contributed by atoms with Crippen LogP contribution < -0.4 is 42.0 Å². The van der Waals surface area contributed by atoms with E-state index in [0.29, 0.717) is 49.2 Å². The highest BCUT2D eigenvalue weighted by Gasteiger charge is 2.46. The highest BCUT2D eigenvalue weighted by atomic mass is 79.9. The molecule has 0 fully saturated rings. The predicted octanol–water partition coefficient (Wildman–Crippen LogP) is 28.4. The Hall–Kier alpha value is -3.55. The van der Waals surface area contributed by atoms with Crippen LogP contribution in [0.2, 0.25) is 0 Å². The molecule has 10 rings (SSSR count). The van der Waals surface area contributed by atoms with Crippen molar-refractivity contribution in [2.75, 3.05) is 20.4 Å². The summed E-state index contributed by atoms with van der Waals surface area (Å²) in [6.45, 7) is 8.90. The van der Waals surface area contributed by atoms with Crippen LogP contribution in [0.4, 0.5) is 0 Å². The number of phosphoric ester groups is 1. The van der Waals surface area contributed by atoms with Crippen molar-refractivity contribution in [3.05, 3.63) is 117 Å². The van der Waals surface area contributed by atoms with E-state index in [1.54, 1.807) is 12.1 Å². The lowest BCUT2D eigenvalue weighted by atomic mass is 9.76. The molecule has 10 nitrogen and oxygen atoms in total. The number of hydrogen-bond acceptors (Lipinski definition) is 10. The number of rotatable bonds is 42. The molecule has 0 saturated heterocycles. The van der Waals surface area contributed by atoms with Gasteiger partial charge in [0.1, 0.15) is 58.1 Å². The molecule has 0 radical (unpaired) electrons. The molecule has 5 aliphatic rings. The molecule has 2 atom stereocenters. The van der Waals surface area contributed by atoms with Gasteiger partial charge in [-0.05, 0) is 126 Å². The van der Waals surface area contributed by atoms with E-state index in [2.05, 4.69) is 116 Å². The van der Waals surface area contributed by atoms with Crippen LogP contribution in [0.3, 0.4) is 0 Å². The molecule has 0 N–H and O–H groups in total. The maximum absolute atomic E-state index is 16.3. The largest absolute Gasteiger partial charge is 0.647 e. The summed E-state index contributed by atoms with van der Waals surface area (Å²) in [4.78, 5) is 0. The van der Waals surface area contributed by atoms with Gasteiger partial charge in [-0.2, -0.15) is 4.57 Å². The molecule has 96 heavy (non-hydrogen) atoms. The summed E-state index contributed by atoms with van der Waals surface area (Å²) in [5, 5.41) is 0. The minimum Gasteiger partial charge on any atom is -0.456 e. The predicted molar refractivity (Wildman–Crippen MR) is 406 cm³/mol. The first-order chi connectivity index (χ1) is 47.1. The Labute approximate surface area is 610 Å². The van der Waals surface area contributed by atoms with Crippen molar-refractivity contribution in [3.63, 3.8) is 0 Å². The Morgan fingerprint density at radius 1 is 0.312 bits per heavy atom. The zero-order valence-corrected chi connectivity index (χ0v) is 65.7. The van der Waals surface area contributed by atoms with Gasteiger partial charge in [0.05, 0.1) is 0 Å². The number of benzene rings is 5. The molecule has 1 aliphatic carbocycles. The molecule has 0 saturated carbocycles. The average molecular weight is 1600 g/mol. The van der Waals surface area contributed by atoms with E-state index < -0.39 is 7.82 Å². The second kappa shape index (κ2) is 39.0. The minimum atomic E-state index is -4.65. The van der Waals surface area contributed by atoms with Gasteiger partial charge < -0.3 is 42.0 Å². The van der Waals surface area contributed by atoms with Crippen molar-refractivity contribution in [1.82, 2.24) is 0 Å². The molecular formula is C81H111Br4O10P. The SMILES string of the molecule is CCCCCCCCCCCC1c2cc3c4c(Br)c2OCOc2c1cc1c(c2Br)OCOc2c(cc5c(c2Br)OP(=O)(Oc2ccccc2)Oc2c(cc(c(c2Br)OCO4)C3CCCCCCCCCCC)C5CCCCCCCCCCC)C1CCCCCCCCCCC. The van der Waals surface area contributed by atoms with E-state index >= 15 is 4.57 Å². The number of halogens is 4. The lowest BCUT2D eigenvalue weighted by molar-refractivity contribution is 0.0998. The molecule has 0 spiro atoms. The summed E-state index contributed by atoms with van der Waals surface area (Å²) in [6.07, 6.45) is 46.9. The molecular weight excluding hydrogens is 1480 g/mol. The van der Waals surface area contributed by atoms with E-state index in [0.717, 1.165) is 148 Å². The first-order valence-corrected chi connectivity index (χ1v) is 42.7. The van der Waals surface area contributed by atoms with E-state index in [4.69, 9.17) is 42.0 Å². The summed E-state index contributed by atoms with van der Waals surface area (Å²) in [5.41, 5.74) is 8.25. The van der Waals surface area contributed by atoms with E-state index in [9.17, 15) is 0 Å². The van der Waals surface area contributed by atoms with Crippen LogP contribution in [0.5, 0.6) is 51.7 Å². The van der Waals surface area contributed by atoms with Gasteiger partial charge in [-0.15, -0.1) is 0 Å². The Kier molecular flexibility index (Phi) is 30.5. The third-order valence-corrected chi connectivity index (χ3v) is 25.0. The first kappa shape index (κ1) is 75.1. The third-order valence-electron chi connectivity index (χ3n) is 20.9. The second-order valence-electron chi connectivity index (χ2n) is 28.0. The first-order valence-electron chi connectivity index (χ1n) is 38.0. The van der Waals surface area contributed by atoms with Crippen LogP contribution in [0.1, 0.15) is 353 Å². The molecule has 0 amide bonds. The minimum absolute atomic E-state index is 0.0295. The molecule has 15 heteroatoms. The van der Waals surface area contributed by atoms with Crippen molar-refractivity contribution in [2.24, 2.45) is 0 Å². The zero-order valence-electron chi connectivity index (χ0n) is 58.5. The van der Waals surface area contributed by atoms with E-state index in [1.165, 1.54) is 173 Å². The highest BCUT2D eigenvalue weighted by Crippen LogP contribution is 2.65.